The highest BCUT2D eigenvalue weighted by Gasteiger charge is 2.42. The van der Waals surface area contributed by atoms with Crippen LogP contribution in [0.2, 0.25) is 0 Å². The van der Waals surface area contributed by atoms with Crippen molar-refractivity contribution in [3.63, 3.8) is 0 Å². The molecule has 7 nitrogen and oxygen atoms in total. The topological polar surface area (TPSA) is 86.4 Å². The summed E-state index contributed by atoms with van der Waals surface area (Å²) in [4.78, 5) is 2.05. The van der Waals surface area contributed by atoms with Crippen molar-refractivity contribution in [1.82, 2.24) is 4.90 Å². The minimum atomic E-state index is -0.961. The summed E-state index contributed by atoms with van der Waals surface area (Å²) < 4.78 is 24.0. The lowest BCUT2D eigenvalue weighted by Gasteiger charge is -2.37. The van der Waals surface area contributed by atoms with Gasteiger partial charge in [-0.05, 0) is 47.2 Å². The van der Waals surface area contributed by atoms with Gasteiger partial charge in [0.1, 0.15) is 29.4 Å². The van der Waals surface area contributed by atoms with Crippen LogP contribution in [0.1, 0.15) is 23.1 Å². The van der Waals surface area contributed by atoms with Gasteiger partial charge in [0.15, 0.2) is 0 Å². The minimum Gasteiger partial charge on any atom is -0.497 e. The summed E-state index contributed by atoms with van der Waals surface area (Å²) in [6.45, 7) is 0.866. The Balaban J connectivity index is 1.51. The Hall–Kier alpha value is -3.36. The van der Waals surface area contributed by atoms with Gasteiger partial charge in [-0.15, -0.1) is 0 Å². The van der Waals surface area contributed by atoms with Crippen molar-refractivity contribution in [2.45, 2.75) is 36.5 Å². The summed E-state index contributed by atoms with van der Waals surface area (Å²) in [5.41, 5.74) is 7.89. The Morgan fingerprint density at radius 2 is 1.46 bits per heavy atom. The van der Waals surface area contributed by atoms with Crippen molar-refractivity contribution in [3.05, 3.63) is 108 Å². The van der Waals surface area contributed by atoms with Crippen LogP contribution < -0.4 is 15.2 Å². The number of nitrogens with two attached hydrogens (primary N) is 1. The van der Waals surface area contributed by atoms with Crippen LogP contribution in [-0.2, 0) is 15.1 Å². The standard InChI is InChI=1S/C30H34N2O5/c1-34-25-12-8-22(9-13-25)30(21-6-4-3-5-7-21,23-10-14-26(35-2)15-11-23)36-20-28-27(33)18-29(37-28)32-17-16-24(31)19-32/h3-17,24,27-29,33H,18-20,31H2,1-2H3/t24?,27-,28-,29-/m1/s1. The highest BCUT2D eigenvalue weighted by Crippen LogP contribution is 2.42. The Labute approximate surface area is 218 Å². The van der Waals surface area contributed by atoms with Gasteiger partial charge in [0.05, 0.1) is 26.9 Å². The summed E-state index contributed by atoms with van der Waals surface area (Å²) in [7, 11) is 3.30. The molecule has 5 rings (SSSR count). The predicted molar refractivity (Wildman–Crippen MR) is 141 cm³/mol. The van der Waals surface area contributed by atoms with Gasteiger partial charge in [-0.2, -0.15) is 0 Å². The number of rotatable bonds is 9. The molecule has 2 aliphatic rings. The van der Waals surface area contributed by atoms with Gasteiger partial charge in [0.25, 0.3) is 0 Å². The number of hydrogen-bond acceptors (Lipinski definition) is 7. The molecule has 0 aromatic heterocycles. The van der Waals surface area contributed by atoms with E-state index in [1.807, 2.05) is 83.9 Å². The molecule has 3 aromatic rings. The van der Waals surface area contributed by atoms with Crippen molar-refractivity contribution in [3.8, 4) is 11.5 Å². The number of benzene rings is 3. The molecule has 3 aromatic carbocycles. The van der Waals surface area contributed by atoms with Crippen LogP contribution in [0, 0.1) is 0 Å². The molecule has 0 spiro atoms. The maximum atomic E-state index is 10.9. The van der Waals surface area contributed by atoms with Gasteiger partial charge in [0.2, 0.25) is 0 Å². The van der Waals surface area contributed by atoms with E-state index in [0.717, 1.165) is 28.2 Å². The largest absolute Gasteiger partial charge is 0.497 e. The van der Waals surface area contributed by atoms with E-state index >= 15 is 0 Å². The number of aliphatic hydroxyl groups excluding tert-OH is 1. The molecule has 2 aliphatic heterocycles. The summed E-state index contributed by atoms with van der Waals surface area (Å²) in [5, 5.41) is 10.9. The number of ether oxygens (including phenoxy) is 4. The van der Waals surface area contributed by atoms with Gasteiger partial charge in [0, 0.05) is 19.0 Å². The van der Waals surface area contributed by atoms with Crippen molar-refractivity contribution >= 4 is 0 Å². The average Bonchev–Trinajstić information content (AvgIpc) is 3.55. The van der Waals surface area contributed by atoms with E-state index in [4.69, 9.17) is 24.7 Å². The number of hydrogen-bond donors (Lipinski definition) is 2. The first kappa shape index (κ1) is 25.3. The normalized spacial score (nSPS) is 23.4. The molecule has 1 fully saturated rings. The van der Waals surface area contributed by atoms with Crippen molar-refractivity contribution in [2.24, 2.45) is 5.73 Å². The Bertz CT molecular complexity index is 1140. The quantitative estimate of drug-likeness (QED) is 0.432. The third-order valence-corrected chi connectivity index (χ3v) is 7.16. The summed E-state index contributed by atoms with van der Waals surface area (Å²) in [6.07, 6.45) is 3.02. The lowest BCUT2D eigenvalue weighted by atomic mass is 9.80. The van der Waals surface area contributed by atoms with E-state index < -0.39 is 17.8 Å². The molecule has 2 heterocycles. The summed E-state index contributed by atoms with van der Waals surface area (Å²) >= 11 is 0. The molecule has 37 heavy (non-hydrogen) atoms. The van der Waals surface area contributed by atoms with Crippen LogP contribution in [0.25, 0.3) is 0 Å². The zero-order valence-electron chi connectivity index (χ0n) is 21.2. The van der Waals surface area contributed by atoms with Crippen molar-refractivity contribution in [2.75, 3.05) is 27.4 Å². The molecule has 3 N–H and O–H groups in total. The van der Waals surface area contributed by atoms with Gasteiger partial charge in [-0.25, -0.2) is 0 Å². The highest BCUT2D eigenvalue weighted by molar-refractivity contribution is 5.49. The van der Waals surface area contributed by atoms with Crippen LogP contribution >= 0.6 is 0 Å². The molecular formula is C30H34N2O5. The van der Waals surface area contributed by atoms with E-state index in [0.29, 0.717) is 13.0 Å². The Morgan fingerprint density at radius 1 is 0.892 bits per heavy atom. The van der Waals surface area contributed by atoms with Crippen molar-refractivity contribution < 1.29 is 24.1 Å². The van der Waals surface area contributed by atoms with Gasteiger partial charge in [-0.3, -0.25) is 0 Å². The van der Waals surface area contributed by atoms with Gasteiger partial charge >= 0.3 is 0 Å². The Kier molecular flexibility index (Phi) is 7.48. The smallest absolute Gasteiger partial charge is 0.143 e. The van der Waals surface area contributed by atoms with Crippen molar-refractivity contribution in [1.29, 1.82) is 0 Å². The second kappa shape index (κ2) is 10.9. The first-order valence-corrected chi connectivity index (χ1v) is 12.5. The molecule has 4 atom stereocenters. The molecular weight excluding hydrogens is 468 g/mol. The molecule has 0 bridgehead atoms. The van der Waals surface area contributed by atoms with Crippen LogP contribution in [0.3, 0.4) is 0 Å². The maximum absolute atomic E-state index is 10.9. The van der Waals surface area contributed by atoms with Gasteiger partial charge in [-0.1, -0.05) is 60.7 Å². The molecule has 1 unspecified atom stereocenters. The fourth-order valence-corrected chi connectivity index (χ4v) is 5.15. The first-order chi connectivity index (χ1) is 18.0. The zero-order valence-corrected chi connectivity index (χ0v) is 21.2. The molecule has 0 saturated carbocycles. The molecule has 0 amide bonds. The fourth-order valence-electron chi connectivity index (χ4n) is 5.15. The maximum Gasteiger partial charge on any atom is 0.143 e. The zero-order chi connectivity index (χ0) is 25.8. The second-order valence-electron chi connectivity index (χ2n) is 9.45. The molecule has 7 heteroatoms. The predicted octanol–water partition coefficient (Wildman–Crippen LogP) is 3.64. The molecule has 0 radical (unpaired) electrons. The first-order valence-electron chi connectivity index (χ1n) is 12.5. The Morgan fingerprint density at radius 3 is 1.97 bits per heavy atom. The summed E-state index contributed by atoms with van der Waals surface area (Å²) in [5.74, 6) is 1.52. The lowest BCUT2D eigenvalue weighted by Crippen LogP contribution is -2.38. The van der Waals surface area contributed by atoms with Crippen LogP contribution in [-0.4, -0.2) is 61.9 Å². The van der Waals surface area contributed by atoms with E-state index in [9.17, 15) is 5.11 Å². The van der Waals surface area contributed by atoms with E-state index in [1.54, 1.807) is 14.2 Å². The molecule has 1 saturated heterocycles. The van der Waals surface area contributed by atoms with Crippen LogP contribution in [0.5, 0.6) is 11.5 Å². The third kappa shape index (κ3) is 5.08. The fraction of sp³-hybridized carbons (Fsp3) is 0.333. The lowest BCUT2D eigenvalue weighted by molar-refractivity contribution is -0.102. The minimum absolute atomic E-state index is 0.0214. The highest BCUT2D eigenvalue weighted by atomic mass is 16.6. The van der Waals surface area contributed by atoms with E-state index in [2.05, 4.69) is 12.1 Å². The summed E-state index contributed by atoms with van der Waals surface area (Å²) in [6, 6.07) is 25.9. The molecule has 194 valence electrons. The average molecular weight is 503 g/mol. The molecule has 0 aliphatic carbocycles. The van der Waals surface area contributed by atoms with Crippen LogP contribution in [0.15, 0.2) is 91.1 Å². The second-order valence-corrected chi connectivity index (χ2v) is 9.45. The van der Waals surface area contributed by atoms with E-state index in [-0.39, 0.29) is 18.9 Å². The van der Waals surface area contributed by atoms with E-state index in [1.165, 1.54) is 0 Å². The number of methoxy groups -OCH3 is 2. The van der Waals surface area contributed by atoms with Gasteiger partial charge < -0.3 is 34.7 Å². The third-order valence-electron chi connectivity index (χ3n) is 7.16. The SMILES string of the molecule is COc1ccc(C(OC[C@H]2O[C@@H](N3C=CC(N)C3)C[C@H]2O)(c2ccccc2)c2ccc(OC)cc2)cc1. The monoisotopic (exact) mass is 502 g/mol. The number of aliphatic hydroxyl groups is 1. The van der Waals surface area contributed by atoms with Crippen LogP contribution in [0.4, 0.5) is 0 Å². The number of nitrogens with zero attached hydrogens (tertiary/aromatic N) is 1.